The van der Waals surface area contributed by atoms with Crippen molar-refractivity contribution >= 4 is 5.82 Å². The van der Waals surface area contributed by atoms with Gasteiger partial charge in [0.2, 0.25) is 0 Å². The van der Waals surface area contributed by atoms with Crippen molar-refractivity contribution in [3.8, 4) is 22.6 Å². The zero-order valence-corrected chi connectivity index (χ0v) is 11.3. The number of para-hydroxylation sites is 1. The maximum absolute atomic E-state index is 6.06. The number of rotatable bonds is 4. The Kier molecular flexibility index (Phi) is 3.47. The largest absolute Gasteiger partial charge is 0.493 e. The maximum atomic E-state index is 6.06. The van der Waals surface area contributed by atoms with E-state index in [1.807, 2.05) is 18.2 Å². The van der Waals surface area contributed by atoms with Crippen molar-refractivity contribution in [2.75, 3.05) is 26.1 Å². The van der Waals surface area contributed by atoms with Crippen LogP contribution in [-0.2, 0) is 4.74 Å². The molecule has 1 atom stereocenters. The maximum Gasteiger partial charge on any atom is 0.169 e. The molecule has 1 aliphatic rings. The summed E-state index contributed by atoms with van der Waals surface area (Å²) in [4.78, 5) is 0. The standard InChI is InChI=1S/C14H17N3O3/c1-18-12-4-2-3-10(11-7-16-17-14(11)15)13(12)20-9-5-6-19-8-9/h2-4,7,9H,5-6,8H2,1H3,(H3,15,16,17). The number of nitrogens with two attached hydrogens (primary N) is 1. The Morgan fingerprint density at radius 3 is 2.95 bits per heavy atom. The topological polar surface area (TPSA) is 82.4 Å². The first kappa shape index (κ1) is 12.8. The Bertz CT molecular complexity index is 591. The Balaban J connectivity index is 2.02. The fourth-order valence-electron chi connectivity index (χ4n) is 2.29. The van der Waals surface area contributed by atoms with Crippen LogP contribution in [0.2, 0.25) is 0 Å². The van der Waals surface area contributed by atoms with Crippen LogP contribution in [0.5, 0.6) is 11.5 Å². The van der Waals surface area contributed by atoms with Gasteiger partial charge in [-0.1, -0.05) is 12.1 Å². The number of nitrogens with one attached hydrogen (secondary N) is 1. The molecule has 1 aromatic carbocycles. The van der Waals surface area contributed by atoms with Crippen LogP contribution in [0.25, 0.3) is 11.1 Å². The number of anilines is 1. The first-order chi connectivity index (χ1) is 9.79. The van der Waals surface area contributed by atoms with E-state index in [0.717, 1.165) is 24.2 Å². The lowest BCUT2D eigenvalue weighted by Gasteiger charge is -2.18. The second-order valence-electron chi connectivity index (χ2n) is 4.64. The fraction of sp³-hybridized carbons (Fsp3) is 0.357. The molecule has 0 spiro atoms. The van der Waals surface area contributed by atoms with E-state index >= 15 is 0 Å². The molecule has 2 aromatic rings. The summed E-state index contributed by atoms with van der Waals surface area (Å²) in [5.74, 6) is 1.86. The highest BCUT2D eigenvalue weighted by molar-refractivity contribution is 5.80. The molecule has 20 heavy (non-hydrogen) atoms. The van der Waals surface area contributed by atoms with Gasteiger partial charge in [0, 0.05) is 17.5 Å². The normalized spacial score (nSPS) is 18.1. The molecule has 0 bridgehead atoms. The van der Waals surface area contributed by atoms with Crippen LogP contribution in [0.3, 0.4) is 0 Å². The van der Waals surface area contributed by atoms with Gasteiger partial charge in [-0.25, -0.2) is 0 Å². The van der Waals surface area contributed by atoms with Crippen molar-refractivity contribution < 1.29 is 14.2 Å². The quantitative estimate of drug-likeness (QED) is 0.889. The smallest absolute Gasteiger partial charge is 0.169 e. The van der Waals surface area contributed by atoms with E-state index < -0.39 is 0 Å². The summed E-state index contributed by atoms with van der Waals surface area (Å²) < 4.78 is 16.8. The second-order valence-corrected chi connectivity index (χ2v) is 4.64. The van der Waals surface area contributed by atoms with E-state index in [-0.39, 0.29) is 6.10 Å². The van der Waals surface area contributed by atoms with Crippen molar-refractivity contribution in [2.24, 2.45) is 0 Å². The van der Waals surface area contributed by atoms with Gasteiger partial charge in [0.15, 0.2) is 11.5 Å². The molecule has 6 nitrogen and oxygen atoms in total. The number of aromatic amines is 1. The number of H-pyrrole nitrogens is 1. The van der Waals surface area contributed by atoms with Crippen LogP contribution in [0.1, 0.15) is 6.42 Å². The van der Waals surface area contributed by atoms with Gasteiger partial charge in [0.25, 0.3) is 0 Å². The molecule has 1 fully saturated rings. The first-order valence-corrected chi connectivity index (χ1v) is 6.50. The van der Waals surface area contributed by atoms with Gasteiger partial charge in [-0.2, -0.15) is 5.10 Å². The molecule has 1 aliphatic heterocycles. The van der Waals surface area contributed by atoms with Crippen LogP contribution in [0.15, 0.2) is 24.4 Å². The monoisotopic (exact) mass is 275 g/mol. The number of aromatic nitrogens is 2. The predicted molar refractivity (Wildman–Crippen MR) is 74.8 cm³/mol. The molecule has 0 saturated carbocycles. The summed E-state index contributed by atoms with van der Waals surface area (Å²) in [5.41, 5.74) is 7.57. The molecule has 106 valence electrons. The summed E-state index contributed by atoms with van der Waals surface area (Å²) >= 11 is 0. The molecule has 3 rings (SSSR count). The van der Waals surface area contributed by atoms with Crippen LogP contribution in [-0.4, -0.2) is 36.6 Å². The van der Waals surface area contributed by atoms with E-state index in [1.54, 1.807) is 13.3 Å². The van der Waals surface area contributed by atoms with Crippen molar-refractivity contribution in [2.45, 2.75) is 12.5 Å². The molecular weight excluding hydrogens is 258 g/mol. The Morgan fingerprint density at radius 1 is 1.40 bits per heavy atom. The number of nitrogens with zero attached hydrogens (tertiary/aromatic N) is 1. The van der Waals surface area contributed by atoms with Gasteiger partial charge in [-0.05, 0) is 6.07 Å². The van der Waals surface area contributed by atoms with E-state index in [2.05, 4.69) is 10.2 Å². The van der Waals surface area contributed by atoms with Crippen LogP contribution in [0.4, 0.5) is 5.82 Å². The highest BCUT2D eigenvalue weighted by atomic mass is 16.6. The number of nitrogen functional groups attached to an aromatic ring is 1. The lowest BCUT2D eigenvalue weighted by Crippen LogP contribution is -2.16. The van der Waals surface area contributed by atoms with E-state index in [4.69, 9.17) is 19.9 Å². The van der Waals surface area contributed by atoms with E-state index in [9.17, 15) is 0 Å². The molecule has 1 unspecified atom stereocenters. The zero-order chi connectivity index (χ0) is 13.9. The molecule has 1 aromatic heterocycles. The third kappa shape index (κ3) is 2.30. The van der Waals surface area contributed by atoms with Gasteiger partial charge < -0.3 is 19.9 Å². The number of ether oxygens (including phenoxy) is 3. The number of methoxy groups -OCH3 is 1. The molecule has 2 heterocycles. The molecule has 0 aliphatic carbocycles. The van der Waals surface area contributed by atoms with Crippen molar-refractivity contribution in [1.82, 2.24) is 10.2 Å². The van der Waals surface area contributed by atoms with Gasteiger partial charge >= 0.3 is 0 Å². The summed E-state index contributed by atoms with van der Waals surface area (Å²) in [6.07, 6.45) is 2.60. The van der Waals surface area contributed by atoms with Gasteiger partial charge in [-0.3, -0.25) is 5.10 Å². The molecule has 6 heteroatoms. The fourth-order valence-corrected chi connectivity index (χ4v) is 2.29. The molecule has 1 saturated heterocycles. The molecular formula is C14H17N3O3. The summed E-state index contributed by atoms with van der Waals surface area (Å²) in [6.45, 7) is 1.32. The van der Waals surface area contributed by atoms with E-state index in [0.29, 0.717) is 23.9 Å². The van der Waals surface area contributed by atoms with Crippen LogP contribution >= 0.6 is 0 Å². The van der Waals surface area contributed by atoms with Crippen molar-refractivity contribution in [3.63, 3.8) is 0 Å². The second kappa shape index (κ2) is 5.42. The minimum absolute atomic E-state index is 0.0400. The highest BCUT2D eigenvalue weighted by Gasteiger charge is 2.22. The highest BCUT2D eigenvalue weighted by Crippen LogP contribution is 2.40. The average molecular weight is 275 g/mol. The Morgan fingerprint density at radius 2 is 2.30 bits per heavy atom. The third-order valence-electron chi connectivity index (χ3n) is 3.33. The number of hydrogen-bond donors (Lipinski definition) is 2. The lowest BCUT2D eigenvalue weighted by molar-refractivity contribution is 0.139. The average Bonchev–Trinajstić information content (AvgIpc) is 3.11. The van der Waals surface area contributed by atoms with Crippen LogP contribution < -0.4 is 15.2 Å². The summed E-state index contributed by atoms with van der Waals surface area (Å²) in [7, 11) is 1.62. The minimum atomic E-state index is 0.0400. The zero-order valence-electron chi connectivity index (χ0n) is 11.3. The number of hydrogen-bond acceptors (Lipinski definition) is 5. The summed E-state index contributed by atoms with van der Waals surface area (Å²) in [5, 5.41) is 6.69. The first-order valence-electron chi connectivity index (χ1n) is 6.50. The van der Waals surface area contributed by atoms with Crippen LogP contribution in [0, 0.1) is 0 Å². The minimum Gasteiger partial charge on any atom is -0.493 e. The van der Waals surface area contributed by atoms with Crippen molar-refractivity contribution in [1.29, 1.82) is 0 Å². The van der Waals surface area contributed by atoms with Gasteiger partial charge in [0.05, 0.1) is 26.5 Å². The van der Waals surface area contributed by atoms with Crippen molar-refractivity contribution in [3.05, 3.63) is 24.4 Å². The third-order valence-corrected chi connectivity index (χ3v) is 3.33. The number of benzene rings is 1. The predicted octanol–water partition coefficient (Wildman–Crippen LogP) is 1.84. The molecule has 0 radical (unpaired) electrons. The van der Waals surface area contributed by atoms with E-state index in [1.165, 1.54) is 0 Å². The molecule has 0 amide bonds. The Hall–Kier alpha value is -2.21. The lowest BCUT2D eigenvalue weighted by atomic mass is 10.1. The summed E-state index contributed by atoms with van der Waals surface area (Å²) in [6, 6.07) is 5.71. The SMILES string of the molecule is COc1cccc(-c2cn[nH]c2N)c1OC1CCOC1. The molecule has 3 N–H and O–H groups in total. The van der Waals surface area contributed by atoms with Gasteiger partial charge in [-0.15, -0.1) is 0 Å². The Labute approximate surface area is 116 Å². The van der Waals surface area contributed by atoms with Gasteiger partial charge in [0.1, 0.15) is 11.9 Å².